The average molecular weight is 190 g/mol. The third-order valence-corrected chi connectivity index (χ3v) is 3.28. The van der Waals surface area contributed by atoms with Crippen LogP contribution in [0.5, 0.6) is 5.88 Å². The van der Waals surface area contributed by atoms with Crippen LogP contribution in [0.3, 0.4) is 0 Å². The molecule has 2 heterocycles. The van der Waals surface area contributed by atoms with Crippen LogP contribution in [-0.2, 0) is 0 Å². The van der Waals surface area contributed by atoms with E-state index in [2.05, 4.69) is 24.1 Å². The van der Waals surface area contributed by atoms with Crippen molar-refractivity contribution >= 4 is 5.69 Å². The molecule has 1 fully saturated rings. The van der Waals surface area contributed by atoms with Crippen molar-refractivity contribution in [2.75, 3.05) is 11.9 Å². The van der Waals surface area contributed by atoms with Crippen molar-refractivity contribution in [2.24, 2.45) is 0 Å². The number of fused-ring (bicyclic) bond motifs is 1. The maximum Gasteiger partial charge on any atom is 0.237 e. The van der Waals surface area contributed by atoms with Crippen LogP contribution in [0.4, 0.5) is 5.69 Å². The summed E-state index contributed by atoms with van der Waals surface area (Å²) in [5.41, 5.74) is 3.83. The van der Waals surface area contributed by atoms with E-state index < -0.39 is 0 Å². The van der Waals surface area contributed by atoms with Gasteiger partial charge in [-0.15, -0.1) is 0 Å². The Bertz CT molecular complexity index is 397. The average Bonchev–Trinajstić information content (AvgIpc) is 2.93. The Morgan fingerprint density at radius 2 is 2.21 bits per heavy atom. The minimum Gasteiger partial charge on any atom is -0.474 e. The third kappa shape index (κ3) is 1.01. The van der Waals surface area contributed by atoms with Gasteiger partial charge in [-0.05, 0) is 37.8 Å². The van der Waals surface area contributed by atoms with E-state index in [4.69, 9.17) is 4.74 Å². The van der Waals surface area contributed by atoms with Gasteiger partial charge in [0.2, 0.25) is 5.88 Å². The summed E-state index contributed by atoms with van der Waals surface area (Å²) in [5, 5.41) is 3.57. The number of anilines is 1. The second kappa shape index (κ2) is 2.41. The predicted molar refractivity (Wildman–Crippen MR) is 54.8 cm³/mol. The number of rotatable bonds is 0. The smallest absolute Gasteiger partial charge is 0.237 e. The number of pyridine rings is 1. The van der Waals surface area contributed by atoms with Gasteiger partial charge in [0.1, 0.15) is 12.3 Å². The summed E-state index contributed by atoms with van der Waals surface area (Å²) in [6.45, 7) is 4.97. The van der Waals surface area contributed by atoms with Crippen molar-refractivity contribution in [1.29, 1.82) is 0 Å². The number of nitrogens with zero attached hydrogens (tertiary/aromatic N) is 1. The normalized spacial score (nSPS) is 21.0. The van der Waals surface area contributed by atoms with Crippen LogP contribution in [0, 0.1) is 13.8 Å². The molecule has 3 rings (SSSR count). The lowest BCUT2D eigenvalue weighted by molar-refractivity contribution is 0.264. The Kier molecular flexibility index (Phi) is 1.39. The number of nitrogens with one attached hydrogen (secondary N) is 1. The van der Waals surface area contributed by atoms with E-state index in [1.54, 1.807) is 0 Å². The Labute approximate surface area is 83.5 Å². The van der Waals surface area contributed by atoms with Gasteiger partial charge in [0.05, 0.1) is 5.54 Å². The topological polar surface area (TPSA) is 34.2 Å². The summed E-state index contributed by atoms with van der Waals surface area (Å²) < 4.78 is 5.66. The molecule has 0 bridgehead atoms. The number of hydrogen-bond donors (Lipinski definition) is 1. The highest BCUT2D eigenvalue weighted by Gasteiger charge is 2.47. The lowest BCUT2D eigenvalue weighted by atomic mass is 10.1. The van der Waals surface area contributed by atoms with Crippen molar-refractivity contribution in [3.05, 3.63) is 17.3 Å². The predicted octanol–water partition coefficient (Wildman–Crippen LogP) is 2.04. The van der Waals surface area contributed by atoms with Crippen molar-refractivity contribution in [3.63, 3.8) is 0 Å². The molecule has 0 radical (unpaired) electrons. The van der Waals surface area contributed by atoms with Gasteiger partial charge < -0.3 is 10.1 Å². The van der Waals surface area contributed by atoms with Crippen LogP contribution in [-0.4, -0.2) is 17.1 Å². The number of hydrogen-bond acceptors (Lipinski definition) is 3. The second-order valence-corrected chi connectivity index (χ2v) is 4.44. The van der Waals surface area contributed by atoms with Gasteiger partial charge in [-0.25, -0.2) is 4.98 Å². The molecule has 3 nitrogen and oxygen atoms in total. The van der Waals surface area contributed by atoms with Crippen LogP contribution in [0.1, 0.15) is 24.0 Å². The maximum atomic E-state index is 5.66. The van der Waals surface area contributed by atoms with Crippen LogP contribution < -0.4 is 10.1 Å². The van der Waals surface area contributed by atoms with Gasteiger partial charge in [0, 0.05) is 6.20 Å². The molecule has 3 heteroatoms. The molecule has 1 N–H and O–H groups in total. The van der Waals surface area contributed by atoms with Gasteiger partial charge in [-0.3, -0.25) is 0 Å². The summed E-state index contributed by atoms with van der Waals surface area (Å²) in [7, 11) is 0. The second-order valence-electron chi connectivity index (χ2n) is 4.44. The lowest BCUT2D eigenvalue weighted by Crippen LogP contribution is -2.34. The van der Waals surface area contributed by atoms with Crippen molar-refractivity contribution < 1.29 is 4.74 Å². The lowest BCUT2D eigenvalue weighted by Gasteiger charge is -2.28. The van der Waals surface area contributed by atoms with E-state index in [1.165, 1.54) is 24.0 Å². The molecule has 0 atom stereocenters. The molecule has 14 heavy (non-hydrogen) atoms. The van der Waals surface area contributed by atoms with Crippen molar-refractivity contribution in [1.82, 2.24) is 4.98 Å². The summed E-state index contributed by atoms with van der Waals surface area (Å²) in [4.78, 5) is 4.29. The molecule has 1 aliphatic carbocycles. The van der Waals surface area contributed by atoms with Gasteiger partial charge in [0.25, 0.3) is 0 Å². The molecule has 0 aromatic carbocycles. The zero-order valence-corrected chi connectivity index (χ0v) is 8.55. The first-order chi connectivity index (χ1) is 6.70. The summed E-state index contributed by atoms with van der Waals surface area (Å²) in [6.07, 6.45) is 4.32. The fraction of sp³-hybridized carbons (Fsp3) is 0.545. The zero-order chi connectivity index (χ0) is 9.76. The highest BCUT2D eigenvalue weighted by molar-refractivity contribution is 5.64. The summed E-state index contributed by atoms with van der Waals surface area (Å²) >= 11 is 0. The minimum atomic E-state index is 0.243. The Hall–Kier alpha value is -1.25. The first kappa shape index (κ1) is 8.09. The molecule has 1 aliphatic heterocycles. The van der Waals surface area contributed by atoms with E-state index in [0.29, 0.717) is 0 Å². The number of aromatic nitrogens is 1. The molecule has 0 amide bonds. The van der Waals surface area contributed by atoms with Gasteiger partial charge in [-0.1, -0.05) is 0 Å². The highest BCUT2D eigenvalue weighted by atomic mass is 16.5. The van der Waals surface area contributed by atoms with Gasteiger partial charge in [-0.2, -0.15) is 0 Å². The molecular formula is C11H14N2O. The monoisotopic (exact) mass is 190 g/mol. The quantitative estimate of drug-likeness (QED) is 0.679. The molecule has 74 valence electrons. The minimum absolute atomic E-state index is 0.243. The molecule has 1 aromatic heterocycles. The van der Waals surface area contributed by atoms with E-state index in [-0.39, 0.29) is 5.54 Å². The van der Waals surface area contributed by atoms with E-state index >= 15 is 0 Å². The molecule has 1 aromatic rings. The number of aryl methyl sites for hydroxylation is 1. The third-order valence-electron chi connectivity index (χ3n) is 3.28. The van der Waals surface area contributed by atoms with Crippen LogP contribution in [0.25, 0.3) is 0 Å². The van der Waals surface area contributed by atoms with Crippen LogP contribution >= 0.6 is 0 Å². The van der Waals surface area contributed by atoms with Crippen LogP contribution in [0.15, 0.2) is 6.20 Å². The van der Waals surface area contributed by atoms with Gasteiger partial charge >= 0.3 is 0 Å². The molecule has 0 unspecified atom stereocenters. The maximum absolute atomic E-state index is 5.66. The largest absolute Gasteiger partial charge is 0.474 e. The Balaban J connectivity index is 2.09. The summed E-state index contributed by atoms with van der Waals surface area (Å²) in [5.74, 6) is 0.769. The van der Waals surface area contributed by atoms with Crippen molar-refractivity contribution in [2.45, 2.75) is 32.2 Å². The first-order valence-electron chi connectivity index (χ1n) is 5.07. The standard InChI is InChI=1S/C11H14N2O/c1-7-5-12-10-9(8(7)2)13-11(3-4-11)6-14-10/h5,13H,3-4,6H2,1-2H3. The molecule has 0 saturated heterocycles. The van der Waals surface area contributed by atoms with Crippen LogP contribution in [0.2, 0.25) is 0 Å². The van der Waals surface area contributed by atoms with E-state index in [0.717, 1.165) is 18.2 Å². The van der Waals surface area contributed by atoms with E-state index in [1.807, 2.05) is 6.20 Å². The van der Waals surface area contributed by atoms with Crippen molar-refractivity contribution in [3.8, 4) is 5.88 Å². The fourth-order valence-corrected chi connectivity index (χ4v) is 1.86. The molecular weight excluding hydrogens is 176 g/mol. The first-order valence-corrected chi connectivity index (χ1v) is 5.07. The van der Waals surface area contributed by atoms with Gasteiger partial charge in [0.15, 0.2) is 0 Å². The molecule has 1 spiro atoms. The zero-order valence-electron chi connectivity index (χ0n) is 8.55. The number of ether oxygens (including phenoxy) is 1. The SMILES string of the molecule is Cc1cnc2c(c1C)NC1(CC1)CO2. The Morgan fingerprint density at radius 3 is 2.93 bits per heavy atom. The fourth-order valence-electron chi connectivity index (χ4n) is 1.86. The Morgan fingerprint density at radius 1 is 1.43 bits per heavy atom. The summed E-state index contributed by atoms with van der Waals surface area (Å²) in [6, 6.07) is 0. The highest BCUT2D eigenvalue weighted by Crippen LogP contribution is 2.45. The molecule has 1 saturated carbocycles. The molecule has 2 aliphatic rings. The van der Waals surface area contributed by atoms with E-state index in [9.17, 15) is 0 Å².